The minimum Gasteiger partial charge on any atom is -0.351 e. The Bertz CT molecular complexity index is 745. The zero-order chi connectivity index (χ0) is 19.2. The first-order valence-corrected chi connectivity index (χ1v) is 10.6. The van der Waals surface area contributed by atoms with Crippen molar-refractivity contribution in [2.45, 2.75) is 51.6 Å². The largest absolute Gasteiger partial charge is 0.351 e. The van der Waals surface area contributed by atoms with Crippen molar-refractivity contribution in [2.24, 2.45) is 11.8 Å². The van der Waals surface area contributed by atoms with Gasteiger partial charge in [0.2, 0.25) is 5.91 Å². The van der Waals surface area contributed by atoms with Crippen LogP contribution >= 0.6 is 11.3 Å². The quantitative estimate of drug-likeness (QED) is 0.790. The molecule has 0 spiro atoms. The average Bonchev–Trinajstić information content (AvgIpc) is 3.20. The molecule has 0 aliphatic heterocycles. The van der Waals surface area contributed by atoms with Crippen molar-refractivity contribution in [1.82, 2.24) is 10.6 Å². The average molecular weight is 385 g/mol. The Hall–Kier alpha value is -2.14. The number of benzene rings is 1. The Morgan fingerprint density at radius 3 is 2.59 bits per heavy atom. The fourth-order valence-corrected chi connectivity index (χ4v) is 4.39. The minimum atomic E-state index is -0.577. The summed E-state index contributed by atoms with van der Waals surface area (Å²) in [7, 11) is 0. The summed E-state index contributed by atoms with van der Waals surface area (Å²) in [6, 6.07) is 13.1. The van der Waals surface area contributed by atoms with Crippen molar-refractivity contribution in [3.05, 3.63) is 58.3 Å². The maximum atomic E-state index is 13.1. The predicted octanol–water partition coefficient (Wildman–Crippen LogP) is 4.03. The molecule has 5 heteroatoms. The number of carbonyl (C=O) groups excluding carboxylic acids is 2. The molecule has 0 saturated heterocycles. The van der Waals surface area contributed by atoms with Crippen molar-refractivity contribution < 1.29 is 9.59 Å². The monoisotopic (exact) mass is 384 g/mol. The highest BCUT2D eigenvalue weighted by molar-refractivity contribution is 7.12. The summed E-state index contributed by atoms with van der Waals surface area (Å²) in [6.45, 7) is 4.47. The van der Waals surface area contributed by atoms with Gasteiger partial charge in [0, 0.05) is 12.5 Å². The van der Waals surface area contributed by atoms with Crippen LogP contribution in [0.15, 0.2) is 47.8 Å². The Morgan fingerprint density at radius 2 is 1.89 bits per heavy atom. The van der Waals surface area contributed by atoms with Gasteiger partial charge in [-0.25, -0.2) is 0 Å². The summed E-state index contributed by atoms with van der Waals surface area (Å²) >= 11 is 1.38. The molecule has 0 bridgehead atoms. The highest BCUT2D eigenvalue weighted by Crippen LogP contribution is 2.29. The van der Waals surface area contributed by atoms with Gasteiger partial charge in [-0.05, 0) is 35.3 Å². The third-order valence-corrected chi connectivity index (χ3v) is 6.55. The molecule has 1 fully saturated rings. The molecule has 2 N–H and O–H groups in total. The molecular formula is C22H28N2O2S. The van der Waals surface area contributed by atoms with Gasteiger partial charge in [-0.3, -0.25) is 9.59 Å². The fourth-order valence-electron chi connectivity index (χ4n) is 3.77. The van der Waals surface area contributed by atoms with E-state index in [4.69, 9.17) is 0 Å². The van der Waals surface area contributed by atoms with Crippen LogP contribution in [-0.2, 0) is 11.2 Å². The van der Waals surface area contributed by atoms with E-state index in [1.165, 1.54) is 17.8 Å². The molecule has 3 rings (SSSR count). The highest BCUT2D eigenvalue weighted by atomic mass is 32.1. The van der Waals surface area contributed by atoms with Crippen molar-refractivity contribution >= 4 is 23.2 Å². The second-order valence-corrected chi connectivity index (χ2v) is 8.52. The molecule has 2 amide bonds. The van der Waals surface area contributed by atoms with E-state index >= 15 is 0 Å². The van der Waals surface area contributed by atoms with Gasteiger partial charge in [0.1, 0.15) is 6.04 Å². The Labute approximate surface area is 165 Å². The van der Waals surface area contributed by atoms with E-state index in [0.717, 1.165) is 18.4 Å². The molecule has 1 saturated carbocycles. The molecule has 0 radical (unpaired) electrons. The van der Waals surface area contributed by atoms with Gasteiger partial charge in [0.05, 0.1) is 4.88 Å². The lowest BCUT2D eigenvalue weighted by molar-refractivity contribution is -0.124. The standard InChI is InChI=1S/C22H28N2O2S/c1-15-8-6-11-18(16(15)2)23-21(25)19(14-17-9-4-3-5-10-17)24-22(26)20-12-7-13-27-20/h3-5,7,9-10,12-13,15-16,18-19H,6,8,11,14H2,1-2H3,(H,23,25)(H,24,26). The molecule has 1 aliphatic carbocycles. The smallest absolute Gasteiger partial charge is 0.262 e. The molecule has 1 aromatic carbocycles. The molecule has 2 aromatic rings. The number of thiophene rings is 1. The Morgan fingerprint density at radius 1 is 1.11 bits per heavy atom. The van der Waals surface area contributed by atoms with Crippen LogP contribution < -0.4 is 10.6 Å². The summed E-state index contributed by atoms with van der Waals surface area (Å²) in [5.74, 6) is 0.784. The number of carbonyl (C=O) groups is 2. The summed E-state index contributed by atoms with van der Waals surface area (Å²) in [4.78, 5) is 26.2. The fraction of sp³-hybridized carbons (Fsp3) is 0.455. The van der Waals surface area contributed by atoms with Gasteiger partial charge in [-0.2, -0.15) is 0 Å². The lowest BCUT2D eigenvalue weighted by atomic mass is 9.78. The van der Waals surface area contributed by atoms with E-state index in [1.54, 1.807) is 6.07 Å². The number of hydrogen-bond donors (Lipinski definition) is 2. The molecular weight excluding hydrogens is 356 g/mol. The van der Waals surface area contributed by atoms with Gasteiger partial charge < -0.3 is 10.6 Å². The Kier molecular flexibility index (Phi) is 6.67. The predicted molar refractivity (Wildman–Crippen MR) is 110 cm³/mol. The minimum absolute atomic E-state index is 0.0882. The summed E-state index contributed by atoms with van der Waals surface area (Å²) < 4.78 is 0. The topological polar surface area (TPSA) is 58.2 Å². The highest BCUT2D eigenvalue weighted by Gasteiger charge is 2.31. The van der Waals surface area contributed by atoms with Gasteiger partial charge in [0.25, 0.3) is 5.91 Å². The molecule has 4 unspecified atom stereocenters. The van der Waals surface area contributed by atoms with E-state index in [1.807, 2.05) is 41.8 Å². The van der Waals surface area contributed by atoms with Gasteiger partial charge in [0.15, 0.2) is 0 Å². The van der Waals surface area contributed by atoms with Gasteiger partial charge in [-0.1, -0.05) is 63.1 Å². The number of hydrogen-bond acceptors (Lipinski definition) is 3. The number of rotatable bonds is 6. The summed E-state index contributed by atoms with van der Waals surface area (Å²) in [5, 5.41) is 8.03. The molecule has 144 valence electrons. The zero-order valence-corrected chi connectivity index (χ0v) is 16.8. The second kappa shape index (κ2) is 9.18. The van der Waals surface area contributed by atoms with Crippen LogP contribution in [0.3, 0.4) is 0 Å². The maximum Gasteiger partial charge on any atom is 0.262 e. The van der Waals surface area contributed by atoms with E-state index in [9.17, 15) is 9.59 Å². The van der Waals surface area contributed by atoms with Crippen LogP contribution in [0.25, 0.3) is 0 Å². The van der Waals surface area contributed by atoms with Crippen molar-refractivity contribution in [1.29, 1.82) is 0 Å². The first-order chi connectivity index (χ1) is 13.0. The van der Waals surface area contributed by atoms with Crippen molar-refractivity contribution in [3.63, 3.8) is 0 Å². The zero-order valence-electron chi connectivity index (χ0n) is 16.0. The van der Waals surface area contributed by atoms with Crippen LogP contribution in [0.4, 0.5) is 0 Å². The van der Waals surface area contributed by atoms with E-state index in [2.05, 4.69) is 24.5 Å². The van der Waals surface area contributed by atoms with E-state index < -0.39 is 6.04 Å². The number of amides is 2. The van der Waals surface area contributed by atoms with Crippen LogP contribution in [-0.4, -0.2) is 23.9 Å². The SMILES string of the molecule is CC1CCCC(NC(=O)C(Cc2ccccc2)NC(=O)c2cccs2)C1C. The molecule has 1 aliphatic rings. The second-order valence-electron chi connectivity index (χ2n) is 7.58. The Balaban J connectivity index is 1.71. The first-order valence-electron chi connectivity index (χ1n) is 9.73. The summed E-state index contributed by atoms with van der Waals surface area (Å²) in [6.07, 6.45) is 3.85. The molecule has 1 aromatic heterocycles. The number of nitrogens with one attached hydrogen (secondary N) is 2. The third-order valence-electron chi connectivity index (χ3n) is 5.68. The van der Waals surface area contributed by atoms with Gasteiger partial charge in [-0.15, -0.1) is 11.3 Å². The summed E-state index contributed by atoms with van der Waals surface area (Å²) in [5.41, 5.74) is 1.04. The molecule has 4 nitrogen and oxygen atoms in total. The van der Waals surface area contributed by atoms with Crippen LogP contribution in [0.2, 0.25) is 0 Å². The van der Waals surface area contributed by atoms with Crippen molar-refractivity contribution in [2.75, 3.05) is 0 Å². The lowest BCUT2D eigenvalue weighted by Gasteiger charge is -2.35. The maximum absolute atomic E-state index is 13.1. The molecule has 1 heterocycles. The normalized spacial score (nSPS) is 23.4. The van der Waals surface area contributed by atoms with E-state index in [0.29, 0.717) is 23.1 Å². The van der Waals surface area contributed by atoms with Crippen LogP contribution in [0.5, 0.6) is 0 Å². The molecule has 27 heavy (non-hydrogen) atoms. The van der Waals surface area contributed by atoms with E-state index in [-0.39, 0.29) is 17.9 Å². The van der Waals surface area contributed by atoms with Crippen LogP contribution in [0, 0.1) is 11.8 Å². The molecule has 4 atom stereocenters. The lowest BCUT2D eigenvalue weighted by Crippen LogP contribution is -2.53. The van der Waals surface area contributed by atoms with Gasteiger partial charge >= 0.3 is 0 Å². The third kappa shape index (κ3) is 5.19. The van der Waals surface area contributed by atoms with Crippen molar-refractivity contribution in [3.8, 4) is 0 Å². The first kappa shape index (κ1) is 19.6. The van der Waals surface area contributed by atoms with Crippen LogP contribution in [0.1, 0.15) is 48.3 Å².